The molecule has 0 aromatic heterocycles. The molecule has 110 valence electrons. The molecule has 2 bridgehead atoms. The highest BCUT2D eigenvalue weighted by Gasteiger charge is 2.69. The van der Waals surface area contributed by atoms with Crippen molar-refractivity contribution in [2.75, 3.05) is 0 Å². The summed E-state index contributed by atoms with van der Waals surface area (Å²) in [5.74, 6) is 0.154. The topological polar surface area (TPSA) is 20.2 Å². The molecule has 3 atom stereocenters. The first kappa shape index (κ1) is 14.7. The summed E-state index contributed by atoms with van der Waals surface area (Å²) in [7, 11) is 0. The summed E-state index contributed by atoms with van der Waals surface area (Å²) >= 11 is 0. The molecule has 7 heteroatoms. The van der Waals surface area contributed by atoms with Crippen LogP contribution in [0.25, 0.3) is 0 Å². The third kappa shape index (κ3) is 2.49. The third-order valence-corrected chi connectivity index (χ3v) is 4.23. The fraction of sp³-hybridized carbons (Fsp3) is 0.833. The number of hydrogen-bond donors (Lipinski definition) is 1. The summed E-state index contributed by atoms with van der Waals surface area (Å²) in [5, 5.41) is 9.05. The van der Waals surface area contributed by atoms with Gasteiger partial charge in [0.15, 0.2) is 0 Å². The molecular formula is C12H14F6O. The van der Waals surface area contributed by atoms with Gasteiger partial charge in [0.25, 0.3) is 5.60 Å². The highest BCUT2D eigenvalue weighted by molar-refractivity contribution is 5.10. The molecule has 2 rings (SSSR count). The number of alkyl halides is 6. The van der Waals surface area contributed by atoms with Gasteiger partial charge in [-0.15, -0.1) is 0 Å². The van der Waals surface area contributed by atoms with Gasteiger partial charge < -0.3 is 5.11 Å². The summed E-state index contributed by atoms with van der Waals surface area (Å²) in [6.07, 6.45) is -7.73. The van der Waals surface area contributed by atoms with Crippen LogP contribution in [0, 0.1) is 17.8 Å². The van der Waals surface area contributed by atoms with Crippen molar-refractivity contribution in [1.82, 2.24) is 0 Å². The fourth-order valence-corrected chi connectivity index (χ4v) is 3.07. The van der Waals surface area contributed by atoms with Crippen LogP contribution in [0.15, 0.2) is 12.2 Å². The normalized spacial score (nSPS) is 31.2. The number of allylic oxidation sites excluding steroid dienone is 2. The van der Waals surface area contributed by atoms with Gasteiger partial charge in [-0.3, -0.25) is 0 Å². The SMILES string of the molecule is OC(CCC1CC2C=CC1C2)(C(F)(F)F)C(F)(F)F. The molecule has 0 aliphatic heterocycles. The van der Waals surface area contributed by atoms with Crippen LogP contribution >= 0.6 is 0 Å². The molecule has 0 heterocycles. The second-order valence-corrected chi connectivity index (χ2v) is 5.43. The summed E-state index contributed by atoms with van der Waals surface area (Å²) in [4.78, 5) is 0. The number of hydrogen-bond acceptors (Lipinski definition) is 1. The maximum Gasteiger partial charge on any atom is 0.426 e. The van der Waals surface area contributed by atoms with Crippen LogP contribution in [0.1, 0.15) is 25.7 Å². The zero-order chi connectivity index (χ0) is 14.5. The van der Waals surface area contributed by atoms with Crippen LogP contribution in [-0.2, 0) is 0 Å². The van der Waals surface area contributed by atoms with E-state index in [4.69, 9.17) is 5.11 Å². The average molecular weight is 288 g/mol. The molecule has 0 amide bonds. The van der Waals surface area contributed by atoms with Crippen molar-refractivity contribution in [3.8, 4) is 0 Å². The molecule has 1 fully saturated rings. The Balaban J connectivity index is 2.04. The Morgan fingerprint density at radius 1 is 0.947 bits per heavy atom. The third-order valence-electron chi connectivity index (χ3n) is 4.23. The fourth-order valence-electron chi connectivity index (χ4n) is 3.07. The van der Waals surface area contributed by atoms with Crippen molar-refractivity contribution in [3.05, 3.63) is 12.2 Å². The van der Waals surface area contributed by atoms with Gasteiger partial charge in [0.05, 0.1) is 0 Å². The van der Waals surface area contributed by atoms with E-state index >= 15 is 0 Å². The van der Waals surface area contributed by atoms with Crippen LogP contribution in [0.3, 0.4) is 0 Å². The molecule has 2 aliphatic rings. The van der Waals surface area contributed by atoms with Crippen molar-refractivity contribution in [2.24, 2.45) is 17.8 Å². The Morgan fingerprint density at radius 3 is 1.89 bits per heavy atom. The first-order valence-corrected chi connectivity index (χ1v) is 6.09. The largest absolute Gasteiger partial charge is 0.426 e. The Bertz CT molecular complexity index is 355. The quantitative estimate of drug-likeness (QED) is 0.618. The lowest BCUT2D eigenvalue weighted by molar-refractivity contribution is -0.370. The van der Waals surface area contributed by atoms with Gasteiger partial charge in [-0.05, 0) is 43.4 Å². The predicted molar refractivity (Wildman–Crippen MR) is 55.1 cm³/mol. The van der Waals surface area contributed by atoms with Crippen molar-refractivity contribution in [2.45, 2.75) is 43.6 Å². The van der Waals surface area contributed by atoms with Crippen LogP contribution in [0.5, 0.6) is 0 Å². The Labute approximate surface area is 106 Å². The summed E-state index contributed by atoms with van der Waals surface area (Å²) in [5.41, 5.74) is -4.59. The first-order chi connectivity index (χ1) is 8.54. The second kappa shape index (κ2) is 4.40. The molecule has 0 saturated heterocycles. The van der Waals surface area contributed by atoms with Crippen molar-refractivity contribution in [3.63, 3.8) is 0 Å². The molecule has 0 radical (unpaired) electrons. The van der Waals surface area contributed by atoms with Crippen molar-refractivity contribution in [1.29, 1.82) is 0 Å². The molecule has 0 spiro atoms. The van der Waals surface area contributed by atoms with Crippen molar-refractivity contribution >= 4 is 0 Å². The molecule has 19 heavy (non-hydrogen) atoms. The Kier molecular flexibility index (Phi) is 3.40. The van der Waals surface area contributed by atoms with Gasteiger partial charge in [0, 0.05) is 0 Å². The standard InChI is InChI=1S/C12H14F6O/c13-11(14,15)10(19,12(16,17)18)4-3-9-6-7-1-2-8(9)5-7/h1-2,7-9,19H,3-6H2. The molecular weight excluding hydrogens is 274 g/mol. The van der Waals surface area contributed by atoms with Crippen LogP contribution in [0.4, 0.5) is 26.3 Å². The average Bonchev–Trinajstić information content (AvgIpc) is 2.83. The van der Waals surface area contributed by atoms with E-state index in [0.717, 1.165) is 6.42 Å². The van der Waals surface area contributed by atoms with E-state index in [0.29, 0.717) is 6.42 Å². The highest BCUT2D eigenvalue weighted by atomic mass is 19.4. The van der Waals surface area contributed by atoms with Gasteiger partial charge >= 0.3 is 12.4 Å². The van der Waals surface area contributed by atoms with Crippen LogP contribution < -0.4 is 0 Å². The van der Waals surface area contributed by atoms with E-state index in [9.17, 15) is 26.3 Å². The van der Waals surface area contributed by atoms with Gasteiger partial charge in [-0.25, -0.2) is 0 Å². The monoisotopic (exact) mass is 288 g/mol. The van der Waals surface area contributed by atoms with Gasteiger partial charge in [0.2, 0.25) is 0 Å². The van der Waals surface area contributed by atoms with Gasteiger partial charge in [0.1, 0.15) is 0 Å². The van der Waals surface area contributed by atoms with E-state index in [1.54, 1.807) is 0 Å². The van der Waals surface area contributed by atoms with E-state index in [1.165, 1.54) is 0 Å². The van der Waals surface area contributed by atoms with E-state index < -0.39 is 24.4 Å². The minimum atomic E-state index is -5.70. The molecule has 0 aromatic carbocycles. The minimum Gasteiger partial charge on any atom is -0.374 e. The van der Waals surface area contributed by atoms with E-state index in [-0.39, 0.29) is 24.2 Å². The number of aliphatic hydroxyl groups is 1. The van der Waals surface area contributed by atoms with Crippen LogP contribution in [-0.4, -0.2) is 23.1 Å². The molecule has 1 saturated carbocycles. The van der Waals surface area contributed by atoms with Gasteiger partial charge in [-0.1, -0.05) is 12.2 Å². The Morgan fingerprint density at radius 2 is 1.53 bits per heavy atom. The molecule has 1 N–H and O–H groups in total. The lowest BCUT2D eigenvalue weighted by Gasteiger charge is -2.33. The molecule has 2 aliphatic carbocycles. The predicted octanol–water partition coefficient (Wildman–Crippen LogP) is 3.83. The smallest absolute Gasteiger partial charge is 0.374 e. The lowest BCUT2D eigenvalue weighted by atomic mass is 9.84. The number of halogens is 6. The minimum absolute atomic E-state index is 0.0655. The Hall–Kier alpha value is -0.720. The zero-order valence-electron chi connectivity index (χ0n) is 9.93. The summed E-state index contributed by atoms with van der Waals surface area (Å²) in [6.45, 7) is 0. The van der Waals surface area contributed by atoms with E-state index in [2.05, 4.69) is 0 Å². The van der Waals surface area contributed by atoms with Crippen LogP contribution in [0.2, 0.25) is 0 Å². The number of rotatable bonds is 3. The number of fused-ring (bicyclic) bond motifs is 2. The van der Waals surface area contributed by atoms with E-state index in [1.807, 2.05) is 12.2 Å². The molecule has 1 nitrogen and oxygen atoms in total. The highest BCUT2D eigenvalue weighted by Crippen LogP contribution is 2.50. The molecule has 3 unspecified atom stereocenters. The van der Waals surface area contributed by atoms with Crippen molar-refractivity contribution < 1.29 is 31.4 Å². The second-order valence-electron chi connectivity index (χ2n) is 5.43. The maximum absolute atomic E-state index is 12.5. The zero-order valence-corrected chi connectivity index (χ0v) is 9.93. The lowest BCUT2D eigenvalue weighted by Crippen LogP contribution is -2.56. The summed E-state index contributed by atoms with van der Waals surface area (Å²) < 4.78 is 74.9. The maximum atomic E-state index is 12.5. The van der Waals surface area contributed by atoms with Gasteiger partial charge in [-0.2, -0.15) is 26.3 Å². The summed E-state index contributed by atoms with van der Waals surface area (Å²) in [6, 6.07) is 0. The molecule has 0 aromatic rings. The first-order valence-electron chi connectivity index (χ1n) is 6.09.